The fraction of sp³-hybridized carbons (Fsp3) is 0.143. The normalized spacial score (nSPS) is 14.4. The lowest BCUT2D eigenvalue weighted by Crippen LogP contribution is -2.63. The highest BCUT2D eigenvalue weighted by Crippen LogP contribution is 2.61. The van der Waals surface area contributed by atoms with Crippen LogP contribution in [0.15, 0.2) is 205 Å². The van der Waals surface area contributed by atoms with E-state index in [1.807, 2.05) is 0 Å². The van der Waals surface area contributed by atoms with Crippen molar-refractivity contribution in [2.45, 2.75) is 57.8 Å². The van der Waals surface area contributed by atoms with E-state index in [9.17, 15) is 0 Å². The number of hydrogen-bond donors (Lipinski definition) is 0. The van der Waals surface area contributed by atoms with Crippen LogP contribution in [0.1, 0.15) is 74.9 Å². The van der Waals surface area contributed by atoms with Crippen molar-refractivity contribution in [3.63, 3.8) is 0 Å². The molecule has 13 rings (SSSR count). The molecule has 0 radical (unpaired) electrons. The molecule has 4 heterocycles. The van der Waals surface area contributed by atoms with Gasteiger partial charge in [0.15, 0.2) is 0 Å². The Bertz CT molecular complexity index is 3580. The highest BCUT2D eigenvalue weighted by molar-refractivity contribution is 6.94. The van der Waals surface area contributed by atoms with E-state index in [0.29, 0.717) is 0 Å². The third-order valence-electron chi connectivity index (χ3n) is 15.0. The van der Waals surface area contributed by atoms with Gasteiger partial charge in [-0.3, -0.25) is 0 Å². The molecule has 0 amide bonds. The third kappa shape index (κ3) is 5.66. The molecule has 4 heteroatoms. The Morgan fingerprint density at radius 2 is 1.06 bits per heavy atom. The smallest absolute Gasteiger partial charge is 0.333 e. The van der Waals surface area contributed by atoms with Crippen LogP contribution in [0.25, 0.3) is 44.2 Å². The van der Waals surface area contributed by atoms with Crippen molar-refractivity contribution in [2.75, 3.05) is 9.71 Å². The Balaban J connectivity index is 1.21. The van der Waals surface area contributed by atoms with Crippen molar-refractivity contribution < 1.29 is 4.42 Å². The average Bonchev–Trinajstić information content (AvgIpc) is 3.71. The minimum Gasteiger partial charge on any atom is -0.456 e. The van der Waals surface area contributed by atoms with Crippen molar-refractivity contribution in [1.82, 2.24) is 0 Å². The standard InChI is InChI=1S/C63H51BN2O/c1-61(2,3)43-33-34-53(47(35-43)40-21-10-7-11-22-40)65-55-39-58-48(45-27-16-19-32-57(45)67-58)38-52(55)64-59-49(36-44(37-56(59)65)62(4,5)6)46-28-20-30-51-60(46)66(64)54-31-18-17-29-50(54)63(51,41-23-12-8-13-24-41)42-25-14-9-15-26-42/h7-39H,1-6H3. The van der Waals surface area contributed by atoms with Gasteiger partial charge in [0.25, 0.3) is 0 Å². The largest absolute Gasteiger partial charge is 0.456 e. The summed E-state index contributed by atoms with van der Waals surface area (Å²) in [6, 6.07) is 75.2. The molecule has 0 atom stereocenters. The third-order valence-corrected chi connectivity index (χ3v) is 15.0. The fourth-order valence-electron chi connectivity index (χ4n) is 11.8. The van der Waals surface area contributed by atoms with Crippen LogP contribution in [0.4, 0.5) is 28.4 Å². The van der Waals surface area contributed by atoms with Gasteiger partial charge in [-0.15, -0.1) is 0 Å². The second-order valence-corrected chi connectivity index (χ2v) is 20.9. The predicted molar refractivity (Wildman–Crippen MR) is 282 cm³/mol. The molecule has 1 aromatic heterocycles. The fourth-order valence-corrected chi connectivity index (χ4v) is 11.8. The first kappa shape index (κ1) is 39.8. The van der Waals surface area contributed by atoms with Crippen LogP contribution in [0.2, 0.25) is 0 Å². The van der Waals surface area contributed by atoms with Crippen LogP contribution >= 0.6 is 0 Å². The van der Waals surface area contributed by atoms with E-state index in [4.69, 9.17) is 4.42 Å². The van der Waals surface area contributed by atoms with E-state index in [1.165, 1.54) is 83.6 Å². The summed E-state index contributed by atoms with van der Waals surface area (Å²) in [7, 11) is 0. The Labute approximate surface area is 394 Å². The number of furan rings is 1. The minimum absolute atomic E-state index is 0.0451. The monoisotopic (exact) mass is 862 g/mol. The number of anilines is 5. The Kier molecular flexibility index (Phi) is 8.45. The van der Waals surface area contributed by atoms with Crippen LogP contribution < -0.4 is 20.6 Å². The van der Waals surface area contributed by atoms with E-state index in [0.717, 1.165) is 33.3 Å². The van der Waals surface area contributed by atoms with Crippen LogP contribution in [-0.4, -0.2) is 6.85 Å². The maximum absolute atomic E-state index is 6.83. The molecule has 0 saturated heterocycles. The molecule has 322 valence electrons. The summed E-state index contributed by atoms with van der Waals surface area (Å²) >= 11 is 0. The maximum atomic E-state index is 6.83. The first-order chi connectivity index (χ1) is 32.5. The molecule has 3 aliphatic heterocycles. The Morgan fingerprint density at radius 3 is 1.78 bits per heavy atom. The SMILES string of the molecule is CC(C)(C)c1ccc(N2c3cc4oc5ccccc5c4cc3B3c4c(cc(C(C)(C)C)cc42)-c2cccc4c2N3c2ccccc2C4(c2ccccc2)c2ccccc2)c(-c2ccccc2)c1. The minimum atomic E-state index is -0.587. The molecule has 0 bridgehead atoms. The van der Waals surface area contributed by atoms with Crippen LogP contribution in [0.5, 0.6) is 0 Å². The average molecular weight is 863 g/mol. The van der Waals surface area contributed by atoms with Gasteiger partial charge in [0.2, 0.25) is 0 Å². The van der Waals surface area contributed by atoms with Gasteiger partial charge < -0.3 is 14.1 Å². The first-order valence-corrected chi connectivity index (χ1v) is 23.8. The highest BCUT2D eigenvalue weighted by atomic mass is 16.3. The molecule has 3 aliphatic rings. The molecule has 9 aromatic carbocycles. The second-order valence-electron chi connectivity index (χ2n) is 20.9. The summed E-state index contributed by atoms with van der Waals surface area (Å²) in [5.41, 5.74) is 22.1. The number of fused-ring (bicyclic) bond motifs is 9. The van der Waals surface area contributed by atoms with E-state index in [2.05, 4.69) is 251 Å². The number of hydrogen-bond acceptors (Lipinski definition) is 3. The Morgan fingerprint density at radius 1 is 0.433 bits per heavy atom. The molecule has 0 spiro atoms. The molecule has 0 unspecified atom stereocenters. The first-order valence-electron chi connectivity index (χ1n) is 23.8. The summed E-state index contributed by atoms with van der Waals surface area (Å²) < 4.78 is 6.83. The van der Waals surface area contributed by atoms with Crippen molar-refractivity contribution in [2.24, 2.45) is 0 Å². The summed E-state index contributed by atoms with van der Waals surface area (Å²) in [4.78, 5) is 5.31. The summed E-state index contributed by atoms with van der Waals surface area (Å²) in [5, 5.41) is 2.26. The number of rotatable bonds is 4. The van der Waals surface area contributed by atoms with E-state index in [-0.39, 0.29) is 17.7 Å². The quantitative estimate of drug-likeness (QED) is 0.164. The highest BCUT2D eigenvalue weighted by Gasteiger charge is 2.54. The molecular formula is C63H51BN2O. The summed E-state index contributed by atoms with van der Waals surface area (Å²) in [5.74, 6) is 0. The number of para-hydroxylation sites is 3. The lowest BCUT2D eigenvalue weighted by Gasteiger charge is -2.53. The van der Waals surface area contributed by atoms with Crippen molar-refractivity contribution in [3.8, 4) is 22.3 Å². The van der Waals surface area contributed by atoms with Crippen molar-refractivity contribution in [3.05, 3.63) is 234 Å². The lowest BCUT2D eigenvalue weighted by atomic mass is 9.42. The van der Waals surface area contributed by atoms with Gasteiger partial charge in [-0.1, -0.05) is 205 Å². The van der Waals surface area contributed by atoms with Crippen molar-refractivity contribution >= 4 is 68.1 Å². The van der Waals surface area contributed by atoms with Gasteiger partial charge in [-0.2, -0.15) is 0 Å². The second kappa shape index (κ2) is 14.2. The maximum Gasteiger partial charge on any atom is 0.333 e. The molecule has 0 aliphatic carbocycles. The molecule has 0 saturated carbocycles. The van der Waals surface area contributed by atoms with E-state index in [1.54, 1.807) is 0 Å². The van der Waals surface area contributed by atoms with E-state index < -0.39 is 5.41 Å². The predicted octanol–water partition coefficient (Wildman–Crippen LogP) is 15.3. The molecule has 67 heavy (non-hydrogen) atoms. The molecule has 0 N–H and O–H groups in total. The molecular weight excluding hydrogens is 812 g/mol. The van der Waals surface area contributed by atoms with E-state index >= 15 is 0 Å². The summed E-state index contributed by atoms with van der Waals surface area (Å²) in [6.07, 6.45) is 0. The lowest BCUT2D eigenvalue weighted by molar-refractivity contribution is 0.590. The van der Waals surface area contributed by atoms with Crippen molar-refractivity contribution in [1.29, 1.82) is 0 Å². The van der Waals surface area contributed by atoms with Gasteiger partial charge in [-0.25, -0.2) is 0 Å². The van der Waals surface area contributed by atoms with Gasteiger partial charge in [0, 0.05) is 50.7 Å². The Hall–Kier alpha value is -7.56. The molecule has 10 aromatic rings. The molecule has 0 fully saturated rings. The number of nitrogens with zero attached hydrogens (tertiary/aromatic N) is 2. The van der Waals surface area contributed by atoms with Gasteiger partial charge in [0.1, 0.15) is 11.2 Å². The van der Waals surface area contributed by atoms with Crippen LogP contribution in [0.3, 0.4) is 0 Å². The van der Waals surface area contributed by atoms with Crippen LogP contribution in [-0.2, 0) is 16.2 Å². The zero-order valence-corrected chi connectivity index (χ0v) is 38.9. The summed E-state index contributed by atoms with van der Waals surface area (Å²) in [6.45, 7) is 13.8. The zero-order valence-electron chi connectivity index (χ0n) is 38.9. The topological polar surface area (TPSA) is 19.6 Å². The molecule has 3 nitrogen and oxygen atoms in total. The zero-order chi connectivity index (χ0) is 45.4. The van der Waals surface area contributed by atoms with Gasteiger partial charge in [-0.05, 0) is 96.6 Å². The van der Waals surface area contributed by atoms with Crippen LogP contribution in [0, 0.1) is 0 Å². The van der Waals surface area contributed by atoms with Gasteiger partial charge >= 0.3 is 6.85 Å². The van der Waals surface area contributed by atoms with Gasteiger partial charge in [0.05, 0.1) is 11.1 Å². The number of benzene rings is 9.